The van der Waals surface area contributed by atoms with Gasteiger partial charge in [-0.25, -0.2) is 0 Å². The topological polar surface area (TPSA) is 61.8 Å². The van der Waals surface area contributed by atoms with Gasteiger partial charge >= 0.3 is 5.97 Å². The molecule has 0 spiro atoms. The number of allylic oxidation sites excluding steroid dienone is 3. The molecule has 0 heterocycles. The standard InChI is InChI=1S/C48H76O5Si2/c1-32-18-22-38(23-19-32)48(27-28-48)44(50)31-42(51-35(4)49)34(3)40-24-25-41-36(17-16-26-47(40,41)11)20-21-37-29-39(52-54(12,13)45(5,6)7)30-43(33(37)2)53-55(14,15)46(8,9)10/h18-23,34,39-43H,2,16-17,24-31H2,1,3-15H3/t34-,39+,40+,41-,42?,43-,47+/m0/s1. The molecule has 4 aliphatic carbocycles. The molecule has 306 valence electrons. The number of esters is 1. The van der Waals surface area contributed by atoms with E-state index in [0.29, 0.717) is 18.3 Å². The van der Waals surface area contributed by atoms with Crippen LogP contribution in [0.1, 0.15) is 138 Å². The van der Waals surface area contributed by atoms with Gasteiger partial charge in [-0.15, -0.1) is 0 Å². The molecule has 0 radical (unpaired) electrons. The number of carbonyl (C=O) groups is 2. The lowest BCUT2D eigenvalue weighted by Crippen LogP contribution is -2.49. The molecule has 0 bridgehead atoms. The van der Waals surface area contributed by atoms with Crippen LogP contribution in [-0.2, 0) is 28.6 Å². The maximum Gasteiger partial charge on any atom is 0.302 e. The normalized spacial score (nSPS) is 29.9. The van der Waals surface area contributed by atoms with Gasteiger partial charge in [-0.1, -0.05) is 110 Å². The molecule has 0 aliphatic heterocycles. The molecule has 0 saturated heterocycles. The van der Waals surface area contributed by atoms with Crippen molar-refractivity contribution in [2.75, 3.05) is 0 Å². The lowest BCUT2D eigenvalue weighted by molar-refractivity contribution is -0.153. The highest BCUT2D eigenvalue weighted by Gasteiger charge is 2.55. The zero-order chi connectivity index (χ0) is 40.9. The first-order chi connectivity index (χ1) is 25.3. The molecule has 4 saturated carbocycles. The van der Waals surface area contributed by atoms with Crippen molar-refractivity contribution in [3.05, 3.63) is 70.8 Å². The number of hydrogen-bond acceptors (Lipinski definition) is 5. The van der Waals surface area contributed by atoms with Crippen LogP contribution in [0.25, 0.3) is 0 Å². The lowest BCUT2D eigenvalue weighted by atomic mass is 9.60. The Labute approximate surface area is 337 Å². The third kappa shape index (κ3) is 9.31. The average molecular weight is 789 g/mol. The molecule has 0 amide bonds. The molecule has 0 aromatic heterocycles. The SMILES string of the molecule is C=C1C(=CC=C2CCC[C@]3(C)[C@@H]([C@H](C)C(CC(=O)C4(c5ccc(C)cc5)CC4)OC(C)=O)CC[C@@H]23)C[C@@H](O[Si](C)(C)C(C)(C)C)C[C@@H]1O[Si](C)(C)C(C)(C)C. The smallest absolute Gasteiger partial charge is 0.302 e. The summed E-state index contributed by atoms with van der Waals surface area (Å²) in [5.74, 6) is 0.866. The molecule has 5 nitrogen and oxygen atoms in total. The Balaban J connectivity index is 1.38. The van der Waals surface area contributed by atoms with Gasteiger partial charge in [-0.3, -0.25) is 9.59 Å². The summed E-state index contributed by atoms with van der Waals surface area (Å²) in [6, 6.07) is 8.44. The Bertz CT molecular complexity index is 1650. The summed E-state index contributed by atoms with van der Waals surface area (Å²) in [6.07, 6.45) is 13.9. The van der Waals surface area contributed by atoms with E-state index < -0.39 is 28.2 Å². The van der Waals surface area contributed by atoms with Crippen LogP contribution < -0.4 is 0 Å². The number of ether oxygens (including phenoxy) is 1. The first kappa shape index (κ1) is 44.0. The van der Waals surface area contributed by atoms with Gasteiger partial charge < -0.3 is 13.6 Å². The Hall–Kier alpha value is -2.07. The molecular formula is C48H76O5Si2. The number of carbonyl (C=O) groups excluding carboxylic acids is 2. The van der Waals surface area contributed by atoms with Crippen molar-refractivity contribution in [2.24, 2.45) is 23.2 Å². The van der Waals surface area contributed by atoms with Crippen LogP contribution in [0.4, 0.5) is 0 Å². The minimum atomic E-state index is -2.05. The maximum atomic E-state index is 14.1. The highest BCUT2D eigenvalue weighted by Crippen LogP contribution is 2.60. The second kappa shape index (κ2) is 15.9. The van der Waals surface area contributed by atoms with Crippen molar-refractivity contribution < 1.29 is 23.2 Å². The van der Waals surface area contributed by atoms with Gasteiger partial charge in [0, 0.05) is 19.8 Å². The highest BCUT2D eigenvalue weighted by atomic mass is 28.4. The predicted molar refractivity (Wildman–Crippen MR) is 233 cm³/mol. The van der Waals surface area contributed by atoms with E-state index in [-0.39, 0.29) is 45.4 Å². The number of benzene rings is 1. The Morgan fingerprint density at radius 2 is 1.53 bits per heavy atom. The third-order valence-electron chi connectivity index (χ3n) is 15.6. The molecule has 7 atom stereocenters. The van der Waals surface area contributed by atoms with E-state index in [0.717, 1.165) is 68.9 Å². The zero-order valence-corrected chi connectivity index (χ0v) is 39.2. The van der Waals surface area contributed by atoms with Gasteiger partial charge in [-0.2, -0.15) is 0 Å². The van der Waals surface area contributed by atoms with E-state index in [2.05, 4.69) is 125 Å². The highest BCUT2D eigenvalue weighted by molar-refractivity contribution is 6.74. The van der Waals surface area contributed by atoms with Crippen LogP contribution in [-0.4, -0.2) is 46.7 Å². The van der Waals surface area contributed by atoms with Crippen molar-refractivity contribution in [3.8, 4) is 0 Å². The fourth-order valence-electron chi connectivity index (χ4n) is 9.82. The minimum absolute atomic E-state index is 0.0379. The quantitative estimate of drug-likeness (QED) is 0.156. The number of Topliss-reactive ketones (excluding diaryl/α,β-unsaturated/α-hetero) is 1. The summed E-state index contributed by atoms with van der Waals surface area (Å²) in [6.45, 7) is 36.3. The van der Waals surface area contributed by atoms with Crippen molar-refractivity contribution >= 4 is 28.4 Å². The van der Waals surface area contributed by atoms with Gasteiger partial charge in [0.1, 0.15) is 11.9 Å². The fraction of sp³-hybridized carbons (Fsp3) is 0.708. The molecule has 7 heteroatoms. The Kier molecular flexibility index (Phi) is 12.8. The molecule has 1 aromatic carbocycles. The number of rotatable bonds is 12. The van der Waals surface area contributed by atoms with Crippen LogP contribution >= 0.6 is 0 Å². The summed E-state index contributed by atoms with van der Waals surface area (Å²) in [5, 5.41) is 0.241. The van der Waals surface area contributed by atoms with Crippen LogP contribution in [0, 0.1) is 30.1 Å². The van der Waals surface area contributed by atoms with Crippen molar-refractivity contribution in [1.82, 2.24) is 0 Å². The van der Waals surface area contributed by atoms with Crippen molar-refractivity contribution in [2.45, 2.75) is 193 Å². The van der Waals surface area contributed by atoms with E-state index in [1.807, 2.05) is 0 Å². The van der Waals surface area contributed by atoms with Crippen LogP contribution in [0.2, 0.25) is 36.3 Å². The molecule has 1 unspecified atom stereocenters. The predicted octanol–water partition coefficient (Wildman–Crippen LogP) is 12.8. The van der Waals surface area contributed by atoms with Gasteiger partial charge in [0.15, 0.2) is 16.6 Å². The van der Waals surface area contributed by atoms with E-state index >= 15 is 0 Å². The third-order valence-corrected chi connectivity index (χ3v) is 24.6. The molecule has 55 heavy (non-hydrogen) atoms. The van der Waals surface area contributed by atoms with E-state index in [1.165, 1.54) is 23.6 Å². The maximum absolute atomic E-state index is 14.1. The molecule has 5 rings (SSSR count). The molecular weight excluding hydrogens is 713 g/mol. The van der Waals surface area contributed by atoms with Crippen LogP contribution in [0.5, 0.6) is 0 Å². The minimum Gasteiger partial charge on any atom is -0.462 e. The first-order valence-electron chi connectivity index (χ1n) is 21.5. The fourth-order valence-corrected chi connectivity index (χ4v) is 12.5. The van der Waals surface area contributed by atoms with E-state index in [4.69, 9.17) is 20.2 Å². The zero-order valence-electron chi connectivity index (χ0n) is 37.2. The van der Waals surface area contributed by atoms with Crippen LogP contribution in [0.15, 0.2) is 59.7 Å². The summed E-state index contributed by atoms with van der Waals surface area (Å²) in [4.78, 5) is 26.6. The van der Waals surface area contributed by atoms with Crippen molar-refractivity contribution in [1.29, 1.82) is 0 Å². The van der Waals surface area contributed by atoms with Crippen molar-refractivity contribution in [3.63, 3.8) is 0 Å². The second-order valence-electron chi connectivity index (χ2n) is 21.4. The number of ketones is 1. The summed E-state index contributed by atoms with van der Waals surface area (Å²) in [7, 11) is -4.04. The molecule has 0 N–H and O–H groups in total. The molecule has 4 fully saturated rings. The van der Waals surface area contributed by atoms with Gasteiger partial charge in [0.25, 0.3) is 0 Å². The van der Waals surface area contributed by atoms with E-state index in [1.54, 1.807) is 0 Å². The number of hydrogen-bond donors (Lipinski definition) is 0. The largest absolute Gasteiger partial charge is 0.462 e. The molecule has 1 aromatic rings. The summed E-state index contributed by atoms with van der Waals surface area (Å²) in [5.41, 5.74) is 5.91. The second-order valence-corrected chi connectivity index (χ2v) is 31.0. The Morgan fingerprint density at radius 3 is 2.09 bits per heavy atom. The summed E-state index contributed by atoms with van der Waals surface area (Å²) >= 11 is 0. The van der Waals surface area contributed by atoms with Gasteiger partial charge in [0.05, 0.1) is 17.6 Å². The monoisotopic (exact) mass is 789 g/mol. The Morgan fingerprint density at radius 1 is 0.927 bits per heavy atom. The van der Waals surface area contributed by atoms with E-state index in [9.17, 15) is 9.59 Å². The first-order valence-corrected chi connectivity index (χ1v) is 27.3. The van der Waals surface area contributed by atoms with Gasteiger partial charge in [-0.05, 0) is 134 Å². The number of aryl methyl sites for hydroxylation is 1. The summed E-state index contributed by atoms with van der Waals surface area (Å²) < 4.78 is 20.3. The number of fused-ring (bicyclic) bond motifs is 1. The lowest BCUT2D eigenvalue weighted by Gasteiger charge is -2.46. The van der Waals surface area contributed by atoms with Crippen LogP contribution in [0.3, 0.4) is 0 Å². The molecule has 4 aliphatic rings. The average Bonchev–Trinajstić information content (AvgIpc) is 3.79. The van der Waals surface area contributed by atoms with Gasteiger partial charge in [0.2, 0.25) is 0 Å².